The number of benzene rings is 2. The molecule has 0 amide bonds. The van der Waals surface area contributed by atoms with Crippen molar-refractivity contribution in [3.05, 3.63) is 75.1 Å². The van der Waals surface area contributed by atoms with Crippen LogP contribution in [0.5, 0.6) is 17.4 Å². The van der Waals surface area contributed by atoms with Gasteiger partial charge in [-0.25, -0.2) is 9.36 Å². The monoisotopic (exact) mass is 433 g/mol. The number of ether oxygens (including phenoxy) is 2. The van der Waals surface area contributed by atoms with Crippen molar-refractivity contribution in [3.8, 4) is 23.1 Å². The number of nitrogens with zero attached hydrogens (tertiary/aromatic N) is 3. The Kier molecular flexibility index (Phi) is 4.80. The highest BCUT2D eigenvalue weighted by Gasteiger charge is 2.35. The van der Waals surface area contributed by atoms with Crippen molar-refractivity contribution < 1.29 is 27.2 Å². The number of rotatable bonds is 4. The number of aromatic nitrogens is 3. The molecule has 0 saturated heterocycles. The van der Waals surface area contributed by atoms with Crippen molar-refractivity contribution in [2.75, 3.05) is 7.11 Å². The van der Waals surface area contributed by atoms with E-state index in [0.717, 1.165) is 7.05 Å². The molecule has 160 valence electrons. The molecule has 2 aromatic carbocycles. The molecular weight excluding hydrogens is 419 g/mol. The Morgan fingerprint density at radius 1 is 1.03 bits per heavy atom. The van der Waals surface area contributed by atoms with Gasteiger partial charge in [0.2, 0.25) is 0 Å². The highest BCUT2D eigenvalue weighted by atomic mass is 19.4. The lowest BCUT2D eigenvalue weighted by molar-refractivity contribution is -0.144. The quantitative estimate of drug-likeness (QED) is 0.490. The lowest BCUT2D eigenvalue weighted by Gasteiger charge is -2.13. The van der Waals surface area contributed by atoms with Gasteiger partial charge in [0.05, 0.1) is 18.2 Å². The zero-order chi connectivity index (χ0) is 22.3. The van der Waals surface area contributed by atoms with Crippen LogP contribution in [0.15, 0.2) is 62.6 Å². The summed E-state index contributed by atoms with van der Waals surface area (Å²) >= 11 is 0. The van der Waals surface area contributed by atoms with Crippen molar-refractivity contribution >= 4 is 11.0 Å². The maximum Gasteiger partial charge on any atom is 0.431 e. The van der Waals surface area contributed by atoms with E-state index in [1.165, 1.54) is 25.3 Å². The van der Waals surface area contributed by atoms with E-state index in [1.807, 2.05) is 0 Å². The molecular formula is C20H14F3N3O5. The second-order valence-electron chi connectivity index (χ2n) is 6.46. The first-order chi connectivity index (χ1) is 14.7. The summed E-state index contributed by atoms with van der Waals surface area (Å²) in [6.45, 7) is 0. The number of methoxy groups -OCH3 is 1. The Morgan fingerprint density at radius 3 is 2.42 bits per heavy atom. The van der Waals surface area contributed by atoms with Crippen LogP contribution in [-0.4, -0.2) is 21.4 Å². The van der Waals surface area contributed by atoms with Gasteiger partial charge in [0.25, 0.3) is 11.4 Å². The summed E-state index contributed by atoms with van der Waals surface area (Å²) in [6.07, 6.45) is -4.85. The van der Waals surface area contributed by atoms with Gasteiger partial charge in [0.15, 0.2) is 17.1 Å². The van der Waals surface area contributed by atoms with E-state index in [4.69, 9.17) is 14.0 Å². The highest BCUT2D eigenvalue weighted by Crippen LogP contribution is 2.35. The van der Waals surface area contributed by atoms with Gasteiger partial charge >= 0.3 is 11.9 Å². The Hall–Kier alpha value is -4.02. The molecule has 0 aliphatic heterocycles. The third-order valence-electron chi connectivity index (χ3n) is 4.56. The third-order valence-corrected chi connectivity index (χ3v) is 4.56. The number of hydrogen-bond donors (Lipinski definition) is 0. The van der Waals surface area contributed by atoms with Gasteiger partial charge in [-0.3, -0.25) is 9.36 Å². The SMILES string of the molecule is COc1ccccc1Oc1noc2ccc(-n3c(=O)cc(C(F)(F)F)n(C)c3=O)cc12. The average Bonchev–Trinajstić information content (AvgIpc) is 3.12. The summed E-state index contributed by atoms with van der Waals surface area (Å²) in [7, 11) is 2.41. The van der Waals surface area contributed by atoms with Crippen molar-refractivity contribution in [3.63, 3.8) is 0 Å². The minimum Gasteiger partial charge on any atom is -0.493 e. The molecule has 0 unspecified atom stereocenters. The summed E-state index contributed by atoms with van der Waals surface area (Å²) in [5.41, 5.74) is -3.31. The molecule has 0 bridgehead atoms. The van der Waals surface area contributed by atoms with Gasteiger partial charge in [-0.05, 0) is 35.5 Å². The molecule has 0 aliphatic rings. The minimum absolute atomic E-state index is 0.0261. The van der Waals surface area contributed by atoms with E-state index in [2.05, 4.69) is 5.16 Å². The molecule has 0 saturated carbocycles. The normalized spacial score (nSPS) is 11.6. The van der Waals surface area contributed by atoms with E-state index in [9.17, 15) is 22.8 Å². The summed E-state index contributed by atoms with van der Waals surface area (Å²) in [6, 6.07) is 11.3. The second-order valence-corrected chi connectivity index (χ2v) is 6.46. The first kappa shape index (κ1) is 20.3. The molecule has 4 aromatic rings. The van der Waals surface area contributed by atoms with E-state index in [0.29, 0.717) is 32.1 Å². The molecule has 0 atom stereocenters. The van der Waals surface area contributed by atoms with E-state index < -0.39 is 23.1 Å². The Labute approximate surface area is 171 Å². The van der Waals surface area contributed by atoms with Gasteiger partial charge in [-0.15, -0.1) is 0 Å². The van der Waals surface area contributed by atoms with Gasteiger partial charge in [-0.2, -0.15) is 13.2 Å². The fourth-order valence-corrected chi connectivity index (χ4v) is 3.06. The van der Waals surface area contributed by atoms with Crippen molar-refractivity contribution in [1.29, 1.82) is 0 Å². The molecule has 0 aliphatic carbocycles. The summed E-state index contributed by atoms with van der Waals surface area (Å²) < 4.78 is 56.4. The molecule has 4 rings (SSSR count). The number of alkyl halides is 3. The molecule has 11 heteroatoms. The molecule has 0 radical (unpaired) electrons. The molecule has 0 fully saturated rings. The van der Waals surface area contributed by atoms with Crippen LogP contribution in [-0.2, 0) is 13.2 Å². The third kappa shape index (κ3) is 3.54. The number of halogens is 3. The van der Waals surface area contributed by atoms with Gasteiger partial charge in [0, 0.05) is 13.1 Å². The molecule has 2 heterocycles. The van der Waals surface area contributed by atoms with Crippen molar-refractivity contribution in [2.24, 2.45) is 7.05 Å². The molecule has 0 spiro atoms. The number of para-hydroxylation sites is 2. The fraction of sp³-hybridized carbons (Fsp3) is 0.150. The van der Waals surface area contributed by atoms with E-state index in [-0.39, 0.29) is 17.2 Å². The maximum atomic E-state index is 13.1. The summed E-state index contributed by atoms with van der Waals surface area (Å²) in [5, 5.41) is 4.14. The smallest absolute Gasteiger partial charge is 0.431 e. The number of fused-ring (bicyclic) bond motifs is 1. The first-order valence-corrected chi connectivity index (χ1v) is 8.81. The first-order valence-electron chi connectivity index (χ1n) is 8.81. The van der Waals surface area contributed by atoms with Crippen LogP contribution in [0, 0.1) is 0 Å². The predicted molar refractivity (Wildman–Crippen MR) is 103 cm³/mol. The average molecular weight is 433 g/mol. The van der Waals surface area contributed by atoms with Gasteiger partial charge in [0.1, 0.15) is 5.69 Å². The lowest BCUT2D eigenvalue weighted by Crippen LogP contribution is -2.40. The largest absolute Gasteiger partial charge is 0.493 e. The zero-order valence-corrected chi connectivity index (χ0v) is 16.1. The van der Waals surface area contributed by atoms with Crippen LogP contribution in [0.1, 0.15) is 5.69 Å². The highest BCUT2D eigenvalue weighted by molar-refractivity contribution is 5.84. The number of hydrogen-bond acceptors (Lipinski definition) is 6. The standard InChI is InChI=1S/C20H14F3N3O5/c1-25-16(20(21,22)23)10-17(27)26(19(25)28)11-7-8-13-12(9-11)18(24-31-13)30-15-6-4-3-5-14(15)29-2/h3-10H,1-2H3. The van der Waals surface area contributed by atoms with Crippen LogP contribution >= 0.6 is 0 Å². The second kappa shape index (κ2) is 7.35. The molecule has 0 N–H and O–H groups in total. The summed E-state index contributed by atoms with van der Waals surface area (Å²) in [5.74, 6) is 0.800. The Balaban J connectivity index is 1.84. The van der Waals surface area contributed by atoms with Gasteiger partial charge in [-0.1, -0.05) is 12.1 Å². The lowest BCUT2D eigenvalue weighted by atomic mass is 10.2. The predicted octanol–water partition coefficient (Wildman–Crippen LogP) is 3.50. The summed E-state index contributed by atoms with van der Waals surface area (Å²) in [4.78, 5) is 24.9. The Morgan fingerprint density at radius 2 is 1.74 bits per heavy atom. The van der Waals surface area contributed by atoms with E-state index in [1.54, 1.807) is 24.3 Å². The molecule has 31 heavy (non-hydrogen) atoms. The fourth-order valence-electron chi connectivity index (χ4n) is 3.06. The topological polar surface area (TPSA) is 88.5 Å². The zero-order valence-electron chi connectivity index (χ0n) is 16.1. The van der Waals surface area contributed by atoms with Crippen LogP contribution in [0.3, 0.4) is 0 Å². The van der Waals surface area contributed by atoms with Crippen molar-refractivity contribution in [2.45, 2.75) is 6.18 Å². The van der Waals surface area contributed by atoms with Crippen molar-refractivity contribution in [1.82, 2.24) is 14.3 Å². The van der Waals surface area contributed by atoms with Crippen LogP contribution in [0.25, 0.3) is 16.7 Å². The maximum absolute atomic E-state index is 13.1. The van der Waals surface area contributed by atoms with E-state index >= 15 is 0 Å². The van der Waals surface area contributed by atoms with Crippen LogP contribution in [0.2, 0.25) is 0 Å². The Bertz CT molecular complexity index is 1400. The molecule has 2 aromatic heterocycles. The van der Waals surface area contributed by atoms with Crippen LogP contribution < -0.4 is 20.7 Å². The minimum atomic E-state index is -4.85. The van der Waals surface area contributed by atoms with Crippen LogP contribution in [0.4, 0.5) is 13.2 Å². The van der Waals surface area contributed by atoms with Gasteiger partial charge < -0.3 is 14.0 Å². The molecule has 8 nitrogen and oxygen atoms in total.